The fourth-order valence-electron chi connectivity index (χ4n) is 4.62. The number of carbonyl (C=O) groups is 2. The molecule has 1 unspecified atom stereocenters. The SMILES string of the molecule is Cc1ccc(C2C(=C(O)c3ccc(OCc4ccccc4C)cc3)C(=O)C(=O)N2Cc2cccnc2)cc1. The Morgan fingerprint density at radius 1 is 0.921 bits per heavy atom. The molecule has 1 amide bonds. The minimum absolute atomic E-state index is 0.0660. The average molecular weight is 505 g/mol. The fourth-order valence-corrected chi connectivity index (χ4v) is 4.62. The highest BCUT2D eigenvalue weighted by Gasteiger charge is 2.46. The number of aliphatic hydroxyl groups is 1. The van der Waals surface area contributed by atoms with Gasteiger partial charge in [-0.05, 0) is 66.4 Å². The normalized spacial score (nSPS) is 16.6. The van der Waals surface area contributed by atoms with Crippen LogP contribution in [0, 0.1) is 13.8 Å². The summed E-state index contributed by atoms with van der Waals surface area (Å²) in [5.41, 5.74) is 5.33. The first kappa shape index (κ1) is 25.0. The van der Waals surface area contributed by atoms with Crippen LogP contribution in [-0.2, 0) is 22.7 Å². The molecule has 3 aromatic carbocycles. The summed E-state index contributed by atoms with van der Waals surface area (Å²) in [4.78, 5) is 32.1. The molecule has 4 aromatic rings. The summed E-state index contributed by atoms with van der Waals surface area (Å²) in [6.45, 7) is 4.62. The van der Waals surface area contributed by atoms with Crippen molar-refractivity contribution in [2.45, 2.75) is 33.0 Å². The molecule has 1 aliphatic rings. The highest BCUT2D eigenvalue weighted by atomic mass is 16.5. The maximum Gasteiger partial charge on any atom is 0.295 e. The number of amides is 1. The van der Waals surface area contributed by atoms with Crippen molar-refractivity contribution in [1.82, 2.24) is 9.88 Å². The van der Waals surface area contributed by atoms with Crippen LogP contribution in [0.2, 0.25) is 0 Å². The second-order valence-electron chi connectivity index (χ2n) is 9.44. The molecule has 1 saturated heterocycles. The summed E-state index contributed by atoms with van der Waals surface area (Å²) in [5, 5.41) is 11.3. The third kappa shape index (κ3) is 5.06. The molecule has 0 bridgehead atoms. The van der Waals surface area contributed by atoms with Crippen LogP contribution in [0.15, 0.2) is 103 Å². The lowest BCUT2D eigenvalue weighted by atomic mass is 9.94. The van der Waals surface area contributed by atoms with Crippen LogP contribution in [-0.4, -0.2) is 26.7 Å². The largest absolute Gasteiger partial charge is 0.507 e. The van der Waals surface area contributed by atoms with Gasteiger partial charge < -0.3 is 14.7 Å². The number of hydrogen-bond acceptors (Lipinski definition) is 5. The predicted octanol–water partition coefficient (Wildman–Crippen LogP) is 5.90. The van der Waals surface area contributed by atoms with E-state index in [-0.39, 0.29) is 17.9 Å². The highest BCUT2D eigenvalue weighted by molar-refractivity contribution is 6.46. The molecule has 1 N–H and O–H groups in total. The summed E-state index contributed by atoms with van der Waals surface area (Å²) in [6.07, 6.45) is 3.32. The molecule has 190 valence electrons. The lowest BCUT2D eigenvalue weighted by Gasteiger charge is -2.25. The molecule has 1 fully saturated rings. The lowest BCUT2D eigenvalue weighted by Crippen LogP contribution is -2.29. The number of aromatic nitrogens is 1. The number of carbonyl (C=O) groups excluding carboxylic acids is 2. The lowest BCUT2D eigenvalue weighted by molar-refractivity contribution is -0.140. The Hall–Kier alpha value is -4.71. The van der Waals surface area contributed by atoms with Gasteiger partial charge in [0, 0.05) is 24.5 Å². The summed E-state index contributed by atoms with van der Waals surface area (Å²) >= 11 is 0. The predicted molar refractivity (Wildman–Crippen MR) is 145 cm³/mol. The second kappa shape index (κ2) is 10.7. The van der Waals surface area contributed by atoms with Gasteiger partial charge in [-0.1, -0.05) is 60.2 Å². The number of ether oxygens (including phenoxy) is 1. The van der Waals surface area contributed by atoms with E-state index in [0.29, 0.717) is 17.9 Å². The van der Waals surface area contributed by atoms with Gasteiger partial charge in [0.05, 0.1) is 11.6 Å². The standard InChI is InChI=1S/C32H28N2O4/c1-21-9-11-24(12-10-21)29-28(31(36)32(37)34(29)19-23-7-5-17-33-18-23)30(35)25-13-15-27(16-14-25)38-20-26-8-4-3-6-22(26)2/h3-18,29,35H,19-20H2,1-2H3. The van der Waals surface area contributed by atoms with E-state index in [9.17, 15) is 14.7 Å². The van der Waals surface area contributed by atoms with Crippen LogP contribution in [0.3, 0.4) is 0 Å². The van der Waals surface area contributed by atoms with Crippen LogP contribution < -0.4 is 4.74 Å². The van der Waals surface area contributed by atoms with Gasteiger partial charge in [0.25, 0.3) is 11.7 Å². The number of benzene rings is 3. The molecule has 1 aromatic heterocycles. The molecule has 38 heavy (non-hydrogen) atoms. The minimum Gasteiger partial charge on any atom is -0.507 e. The van der Waals surface area contributed by atoms with Gasteiger partial charge in [0.2, 0.25) is 0 Å². The molecule has 0 aliphatic carbocycles. The highest BCUT2D eigenvalue weighted by Crippen LogP contribution is 2.40. The molecule has 0 radical (unpaired) electrons. The van der Waals surface area contributed by atoms with Crippen molar-refractivity contribution in [2.24, 2.45) is 0 Å². The quantitative estimate of drug-likeness (QED) is 0.193. The zero-order valence-corrected chi connectivity index (χ0v) is 21.3. The Balaban J connectivity index is 1.47. The fraction of sp³-hybridized carbons (Fsp3) is 0.156. The number of hydrogen-bond donors (Lipinski definition) is 1. The molecule has 1 atom stereocenters. The number of likely N-dealkylation sites (tertiary alicyclic amines) is 1. The van der Waals surface area contributed by atoms with Crippen LogP contribution >= 0.6 is 0 Å². The monoisotopic (exact) mass is 504 g/mol. The first-order chi connectivity index (χ1) is 18.4. The summed E-state index contributed by atoms with van der Waals surface area (Å²) in [5.74, 6) is -0.944. The van der Waals surface area contributed by atoms with Crippen LogP contribution in [0.4, 0.5) is 0 Å². The molecule has 6 nitrogen and oxygen atoms in total. The molecule has 6 heteroatoms. The molecular weight excluding hydrogens is 476 g/mol. The van der Waals surface area contributed by atoms with Crippen molar-refractivity contribution >= 4 is 17.4 Å². The van der Waals surface area contributed by atoms with Crippen molar-refractivity contribution in [2.75, 3.05) is 0 Å². The third-order valence-corrected chi connectivity index (χ3v) is 6.79. The van der Waals surface area contributed by atoms with Crippen molar-refractivity contribution in [3.8, 4) is 5.75 Å². The van der Waals surface area contributed by atoms with Crippen molar-refractivity contribution in [3.05, 3.63) is 136 Å². The van der Waals surface area contributed by atoms with Gasteiger partial charge in [-0.15, -0.1) is 0 Å². The Kier molecular flexibility index (Phi) is 7.05. The van der Waals surface area contributed by atoms with Crippen LogP contribution in [0.5, 0.6) is 5.75 Å². The van der Waals surface area contributed by atoms with E-state index in [4.69, 9.17) is 4.74 Å². The topological polar surface area (TPSA) is 79.7 Å². The molecule has 0 saturated carbocycles. The second-order valence-corrected chi connectivity index (χ2v) is 9.44. The summed E-state index contributed by atoms with van der Waals surface area (Å²) in [6, 6.07) is 25.5. The van der Waals surface area contributed by atoms with Gasteiger partial charge >= 0.3 is 0 Å². The van der Waals surface area contributed by atoms with E-state index in [1.54, 1.807) is 42.7 Å². The smallest absolute Gasteiger partial charge is 0.295 e. The molecule has 1 aliphatic heterocycles. The average Bonchev–Trinajstić information content (AvgIpc) is 3.18. The molecule has 5 rings (SSSR count). The van der Waals surface area contributed by atoms with E-state index in [1.165, 1.54) is 4.90 Å². The summed E-state index contributed by atoms with van der Waals surface area (Å²) in [7, 11) is 0. The maximum absolute atomic E-state index is 13.3. The minimum atomic E-state index is -0.729. The van der Waals surface area contributed by atoms with Gasteiger partial charge in [0.15, 0.2) is 0 Å². The number of pyridine rings is 1. The number of aliphatic hydroxyl groups excluding tert-OH is 1. The Morgan fingerprint density at radius 2 is 1.66 bits per heavy atom. The van der Waals surface area contributed by atoms with Crippen molar-refractivity contribution in [3.63, 3.8) is 0 Å². The van der Waals surface area contributed by atoms with Gasteiger partial charge in [0.1, 0.15) is 18.1 Å². The van der Waals surface area contributed by atoms with E-state index < -0.39 is 17.7 Å². The zero-order valence-electron chi connectivity index (χ0n) is 21.3. The van der Waals surface area contributed by atoms with Crippen LogP contribution in [0.1, 0.15) is 39.4 Å². The number of ketones is 1. The Bertz CT molecular complexity index is 1490. The molecular formula is C32H28N2O4. The Morgan fingerprint density at radius 3 is 2.34 bits per heavy atom. The zero-order chi connectivity index (χ0) is 26.6. The number of nitrogens with zero attached hydrogens (tertiary/aromatic N) is 2. The third-order valence-electron chi connectivity index (χ3n) is 6.79. The van der Waals surface area contributed by atoms with Gasteiger partial charge in [-0.3, -0.25) is 14.6 Å². The van der Waals surface area contributed by atoms with E-state index in [2.05, 4.69) is 4.98 Å². The van der Waals surface area contributed by atoms with Crippen molar-refractivity contribution in [1.29, 1.82) is 0 Å². The first-order valence-electron chi connectivity index (χ1n) is 12.4. The Labute approximate surface area is 221 Å². The number of rotatable bonds is 7. The van der Waals surface area contributed by atoms with E-state index >= 15 is 0 Å². The molecule has 2 heterocycles. The van der Waals surface area contributed by atoms with E-state index in [1.807, 2.05) is 68.4 Å². The van der Waals surface area contributed by atoms with Crippen LogP contribution in [0.25, 0.3) is 5.76 Å². The van der Waals surface area contributed by atoms with E-state index in [0.717, 1.165) is 27.8 Å². The van der Waals surface area contributed by atoms with Gasteiger partial charge in [-0.2, -0.15) is 0 Å². The molecule has 0 spiro atoms. The first-order valence-corrected chi connectivity index (χ1v) is 12.4. The summed E-state index contributed by atoms with van der Waals surface area (Å²) < 4.78 is 5.92. The number of Topliss-reactive ketones (excluding diaryl/α,β-unsaturated/α-hetero) is 1. The number of aryl methyl sites for hydroxylation is 2. The maximum atomic E-state index is 13.3. The van der Waals surface area contributed by atoms with Gasteiger partial charge in [-0.25, -0.2) is 0 Å². The van der Waals surface area contributed by atoms with Crippen molar-refractivity contribution < 1.29 is 19.4 Å².